The second-order valence-electron chi connectivity index (χ2n) is 5.51. The maximum absolute atomic E-state index is 13.2. The molecule has 2 atom stereocenters. The van der Waals surface area contributed by atoms with Crippen LogP contribution < -0.4 is 5.32 Å². The summed E-state index contributed by atoms with van der Waals surface area (Å²) in [5, 5.41) is 3.70. The van der Waals surface area contributed by atoms with Crippen molar-refractivity contribution in [2.75, 3.05) is 13.2 Å². The van der Waals surface area contributed by atoms with Crippen LogP contribution in [0.2, 0.25) is 0 Å². The molecule has 2 aliphatic rings. The number of rotatable bonds is 4. The summed E-state index contributed by atoms with van der Waals surface area (Å²) in [6.07, 6.45) is 4.60. The summed E-state index contributed by atoms with van der Waals surface area (Å²) in [5.74, 6) is 0.331. The second kappa shape index (κ2) is 5.37. The molecule has 0 bridgehead atoms. The first-order valence-corrected chi connectivity index (χ1v) is 6.89. The lowest BCUT2D eigenvalue weighted by Gasteiger charge is -2.32. The minimum atomic E-state index is -0.143. The van der Waals surface area contributed by atoms with E-state index in [0.717, 1.165) is 37.7 Å². The molecule has 0 amide bonds. The Morgan fingerprint density at radius 3 is 2.94 bits per heavy atom. The Morgan fingerprint density at radius 1 is 1.28 bits per heavy atom. The molecule has 2 nitrogen and oxygen atoms in total. The maximum Gasteiger partial charge on any atom is 0.123 e. The number of ether oxygens (including phenoxy) is 1. The molecule has 1 saturated carbocycles. The fourth-order valence-electron chi connectivity index (χ4n) is 2.74. The molecule has 98 valence electrons. The molecule has 1 N–H and O–H groups in total. The van der Waals surface area contributed by atoms with Gasteiger partial charge in [-0.15, -0.1) is 0 Å². The van der Waals surface area contributed by atoms with Crippen LogP contribution in [0.15, 0.2) is 24.3 Å². The highest BCUT2D eigenvalue weighted by Gasteiger charge is 2.31. The minimum Gasteiger partial charge on any atom is -0.381 e. The van der Waals surface area contributed by atoms with E-state index in [4.69, 9.17) is 4.74 Å². The van der Waals surface area contributed by atoms with Crippen molar-refractivity contribution in [1.82, 2.24) is 5.32 Å². The van der Waals surface area contributed by atoms with E-state index in [9.17, 15) is 4.39 Å². The second-order valence-corrected chi connectivity index (χ2v) is 5.51. The Morgan fingerprint density at radius 2 is 2.17 bits per heavy atom. The molecule has 1 saturated heterocycles. The number of halogens is 1. The van der Waals surface area contributed by atoms with E-state index in [1.165, 1.54) is 18.9 Å². The summed E-state index contributed by atoms with van der Waals surface area (Å²) in [6, 6.07) is 8.20. The van der Waals surface area contributed by atoms with Gasteiger partial charge in [0.1, 0.15) is 5.82 Å². The zero-order valence-corrected chi connectivity index (χ0v) is 10.6. The van der Waals surface area contributed by atoms with Gasteiger partial charge in [-0.25, -0.2) is 4.39 Å². The third-order valence-corrected chi connectivity index (χ3v) is 3.89. The summed E-state index contributed by atoms with van der Waals surface area (Å²) < 4.78 is 18.8. The predicted molar refractivity (Wildman–Crippen MR) is 69.0 cm³/mol. The zero-order valence-electron chi connectivity index (χ0n) is 10.6. The van der Waals surface area contributed by atoms with E-state index in [2.05, 4.69) is 5.32 Å². The molecule has 1 aliphatic heterocycles. The number of hydrogen-bond donors (Lipinski definition) is 1. The van der Waals surface area contributed by atoms with Crippen molar-refractivity contribution in [2.45, 2.75) is 37.8 Å². The number of nitrogens with one attached hydrogen (secondary N) is 1. The fraction of sp³-hybridized carbons (Fsp3) is 0.600. The summed E-state index contributed by atoms with van der Waals surface area (Å²) in [4.78, 5) is 0. The van der Waals surface area contributed by atoms with Gasteiger partial charge in [0.15, 0.2) is 0 Å². The van der Waals surface area contributed by atoms with Gasteiger partial charge < -0.3 is 10.1 Å². The molecule has 1 aromatic carbocycles. The van der Waals surface area contributed by atoms with Crippen molar-refractivity contribution >= 4 is 0 Å². The molecule has 18 heavy (non-hydrogen) atoms. The van der Waals surface area contributed by atoms with E-state index in [-0.39, 0.29) is 5.82 Å². The highest BCUT2D eigenvalue weighted by molar-refractivity contribution is 5.17. The van der Waals surface area contributed by atoms with Gasteiger partial charge >= 0.3 is 0 Å². The summed E-state index contributed by atoms with van der Waals surface area (Å²) in [5.41, 5.74) is 1.08. The molecule has 3 rings (SSSR count). The Hall–Kier alpha value is -0.930. The monoisotopic (exact) mass is 249 g/mol. The van der Waals surface area contributed by atoms with Crippen molar-refractivity contribution in [3.8, 4) is 0 Å². The lowest BCUT2D eigenvalue weighted by atomic mass is 9.89. The van der Waals surface area contributed by atoms with Crippen molar-refractivity contribution in [3.63, 3.8) is 0 Å². The van der Waals surface area contributed by atoms with Crippen LogP contribution >= 0.6 is 0 Å². The lowest BCUT2D eigenvalue weighted by molar-refractivity contribution is 0.0316. The molecular weight excluding hydrogens is 229 g/mol. The van der Waals surface area contributed by atoms with Crippen molar-refractivity contribution in [3.05, 3.63) is 35.6 Å². The Labute approximate surface area is 108 Å². The van der Waals surface area contributed by atoms with Crippen molar-refractivity contribution in [1.29, 1.82) is 0 Å². The maximum atomic E-state index is 13.2. The van der Waals surface area contributed by atoms with Gasteiger partial charge in [0, 0.05) is 24.6 Å². The smallest absolute Gasteiger partial charge is 0.123 e. The molecule has 1 aliphatic carbocycles. The van der Waals surface area contributed by atoms with Gasteiger partial charge in [-0.1, -0.05) is 12.1 Å². The zero-order chi connectivity index (χ0) is 12.4. The fourth-order valence-corrected chi connectivity index (χ4v) is 2.74. The first-order chi connectivity index (χ1) is 8.81. The summed E-state index contributed by atoms with van der Waals surface area (Å²) in [6.45, 7) is 1.64. The molecule has 1 aromatic rings. The van der Waals surface area contributed by atoms with Crippen LogP contribution in [0.25, 0.3) is 0 Å². The first kappa shape index (κ1) is 12.1. The minimum absolute atomic E-state index is 0.143. The van der Waals surface area contributed by atoms with Gasteiger partial charge in [0.2, 0.25) is 0 Å². The molecular formula is C15H20FNO. The average molecular weight is 249 g/mol. The van der Waals surface area contributed by atoms with Crippen molar-refractivity contribution in [2.24, 2.45) is 5.92 Å². The van der Waals surface area contributed by atoms with Crippen LogP contribution in [-0.4, -0.2) is 25.3 Å². The standard InChI is InChI=1S/C15H20FNO/c16-13-3-1-2-11(9-13)8-12-10-18-7-6-15(12)17-14-4-5-14/h1-3,9,12,14-15,17H,4-8,10H2/t12-,15-/m1/s1. The SMILES string of the molecule is Fc1cccc(C[C@@H]2COCC[C@H]2NC2CC2)c1. The van der Waals surface area contributed by atoms with Crippen LogP contribution in [0.5, 0.6) is 0 Å². The van der Waals surface area contributed by atoms with Gasteiger partial charge in [-0.05, 0) is 43.4 Å². The molecule has 0 unspecified atom stereocenters. The van der Waals surface area contributed by atoms with Gasteiger partial charge in [-0.3, -0.25) is 0 Å². The number of benzene rings is 1. The average Bonchev–Trinajstić information content (AvgIpc) is 3.16. The van der Waals surface area contributed by atoms with E-state index in [0.29, 0.717) is 12.0 Å². The topological polar surface area (TPSA) is 21.3 Å². The highest BCUT2D eigenvalue weighted by atomic mass is 19.1. The highest BCUT2D eigenvalue weighted by Crippen LogP contribution is 2.26. The van der Waals surface area contributed by atoms with Crippen LogP contribution in [-0.2, 0) is 11.2 Å². The Balaban J connectivity index is 1.64. The largest absolute Gasteiger partial charge is 0.381 e. The van der Waals surface area contributed by atoms with Gasteiger partial charge in [0.25, 0.3) is 0 Å². The van der Waals surface area contributed by atoms with E-state index < -0.39 is 0 Å². The number of hydrogen-bond acceptors (Lipinski definition) is 2. The van der Waals surface area contributed by atoms with Crippen LogP contribution in [0.1, 0.15) is 24.8 Å². The van der Waals surface area contributed by atoms with Crippen molar-refractivity contribution < 1.29 is 9.13 Å². The molecule has 0 radical (unpaired) electrons. The predicted octanol–water partition coefficient (Wildman–Crippen LogP) is 2.53. The molecule has 0 spiro atoms. The molecule has 2 fully saturated rings. The Kier molecular flexibility index (Phi) is 3.62. The lowest BCUT2D eigenvalue weighted by Crippen LogP contribution is -2.44. The summed E-state index contributed by atoms with van der Waals surface area (Å²) in [7, 11) is 0. The molecule has 1 heterocycles. The van der Waals surface area contributed by atoms with E-state index in [1.807, 2.05) is 6.07 Å². The molecule has 3 heteroatoms. The van der Waals surface area contributed by atoms with E-state index in [1.54, 1.807) is 12.1 Å². The quantitative estimate of drug-likeness (QED) is 0.885. The van der Waals surface area contributed by atoms with Gasteiger partial charge in [0.05, 0.1) is 6.61 Å². The molecule has 0 aromatic heterocycles. The van der Waals surface area contributed by atoms with Crippen LogP contribution in [0, 0.1) is 11.7 Å². The van der Waals surface area contributed by atoms with Crippen LogP contribution in [0.4, 0.5) is 4.39 Å². The van der Waals surface area contributed by atoms with Gasteiger partial charge in [-0.2, -0.15) is 0 Å². The van der Waals surface area contributed by atoms with Crippen LogP contribution in [0.3, 0.4) is 0 Å². The summed E-state index contributed by atoms with van der Waals surface area (Å²) >= 11 is 0. The van der Waals surface area contributed by atoms with E-state index >= 15 is 0 Å². The third kappa shape index (κ3) is 3.09. The first-order valence-electron chi connectivity index (χ1n) is 6.89. The third-order valence-electron chi connectivity index (χ3n) is 3.89. The normalized spacial score (nSPS) is 28.3. The Bertz CT molecular complexity index is 405.